The van der Waals surface area contributed by atoms with Gasteiger partial charge in [-0.3, -0.25) is 0 Å². The third-order valence-electron chi connectivity index (χ3n) is 1.14. The average molecular weight is 143 g/mol. The van der Waals surface area contributed by atoms with Gasteiger partial charge in [0.1, 0.15) is 0 Å². The molecule has 0 aromatic carbocycles. The maximum absolute atomic E-state index is 3.62. The van der Waals surface area contributed by atoms with Gasteiger partial charge in [0.05, 0.1) is 0 Å². The summed E-state index contributed by atoms with van der Waals surface area (Å²) in [4.78, 5) is 0. The SMILES string of the molecule is [CH2]C=CCCCCSC. The van der Waals surface area contributed by atoms with E-state index in [0.717, 1.165) is 0 Å². The van der Waals surface area contributed by atoms with Gasteiger partial charge in [-0.1, -0.05) is 12.2 Å². The second-order valence-electron chi connectivity index (χ2n) is 1.96. The zero-order valence-corrected chi connectivity index (χ0v) is 6.91. The Labute approximate surface area is 62.7 Å². The fourth-order valence-electron chi connectivity index (χ4n) is 0.626. The standard InChI is InChI=1S/C8H15S/c1-3-4-5-6-7-8-9-2/h3-4H,1,5-8H2,2H3. The second kappa shape index (κ2) is 8.09. The van der Waals surface area contributed by atoms with Crippen molar-refractivity contribution in [3.8, 4) is 0 Å². The van der Waals surface area contributed by atoms with E-state index >= 15 is 0 Å². The van der Waals surface area contributed by atoms with E-state index in [4.69, 9.17) is 0 Å². The van der Waals surface area contributed by atoms with Gasteiger partial charge in [-0.05, 0) is 38.2 Å². The molecule has 0 aromatic rings. The van der Waals surface area contributed by atoms with E-state index in [1.165, 1.54) is 25.0 Å². The predicted molar refractivity (Wildman–Crippen MR) is 46.7 cm³/mol. The Hall–Kier alpha value is 0.0900. The van der Waals surface area contributed by atoms with Gasteiger partial charge in [0.25, 0.3) is 0 Å². The van der Waals surface area contributed by atoms with Crippen LogP contribution in [0.15, 0.2) is 12.2 Å². The van der Waals surface area contributed by atoms with Gasteiger partial charge in [-0.15, -0.1) is 0 Å². The molecule has 0 heterocycles. The molecule has 0 amide bonds. The lowest BCUT2D eigenvalue weighted by atomic mass is 10.2. The fourth-order valence-corrected chi connectivity index (χ4v) is 1.12. The minimum Gasteiger partial charge on any atom is -0.165 e. The van der Waals surface area contributed by atoms with Crippen molar-refractivity contribution in [1.82, 2.24) is 0 Å². The number of allylic oxidation sites excluding steroid dienone is 2. The Kier molecular flexibility index (Phi) is 8.17. The maximum Gasteiger partial charge on any atom is -0.00702 e. The van der Waals surface area contributed by atoms with E-state index in [2.05, 4.69) is 19.3 Å². The first-order chi connectivity index (χ1) is 4.41. The predicted octanol–water partition coefficient (Wildman–Crippen LogP) is 2.91. The fraction of sp³-hybridized carbons (Fsp3) is 0.625. The van der Waals surface area contributed by atoms with Gasteiger partial charge in [0, 0.05) is 0 Å². The van der Waals surface area contributed by atoms with Crippen molar-refractivity contribution in [3.05, 3.63) is 19.1 Å². The highest BCUT2D eigenvalue weighted by Crippen LogP contribution is 2.02. The third kappa shape index (κ3) is 8.09. The molecular weight excluding hydrogens is 128 g/mol. The summed E-state index contributed by atoms with van der Waals surface area (Å²) in [7, 11) is 0. The highest BCUT2D eigenvalue weighted by atomic mass is 32.2. The number of thioether (sulfide) groups is 1. The molecule has 1 heteroatoms. The molecule has 0 saturated carbocycles. The smallest absolute Gasteiger partial charge is 0.00702 e. The molecule has 0 nitrogen and oxygen atoms in total. The first kappa shape index (κ1) is 9.09. The summed E-state index contributed by atoms with van der Waals surface area (Å²) in [6, 6.07) is 0. The van der Waals surface area contributed by atoms with Crippen LogP contribution in [0.3, 0.4) is 0 Å². The third-order valence-corrected chi connectivity index (χ3v) is 1.83. The molecule has 0 spiro atoms. The lowest BCUT2D eigenvalue weighted by molar-refractivity contribution is 0.823. The summed E-state index contributed by atoms with van der Waals surface area (Å²) in [6.07, 6.45) is 10.00. The van der Waals surface area contributed by atoms with Crippen LogP contribution in [0.1, 0.15) is 19.3 Å². The molecule has 9 heavy (non-hydrogen) atoms. The molecule has 1 radical (unpaired) electrons. The van der Waals surface area contributed by atoms with Crippen molar-refractivity contribution in [2.24, 2.45) is 0 Å². The highest BCUT2D eigenvalue weighted by Gasteiger charge is 1.82. The number of unbranched alkanes of at least 4 members (excludes halogenated alkanes) is 2. The Morgan fingerprint density at radius 1 is 1.44 bits per heavy atom. The normalized spacial score (nSPS) is 10.9. The monoisotopic (exact) mass is 143 g/mol. The van der Waals surface area contributed by atoms with Crippen LogP contribution >= 0.6 is 11.8 Å². The molecule has 0 N–H and O–H groups in total. The topological polar surface area (TPSA) is 0 Å². The van der Waals surface area contributed by atoms with Gasteiger partial charge < -0.3 is 0 Å². The zero-order valence-electron chi connectivity index (χ0n) is 6.10. The van der Waals surface area contributed by atoms with E-state index in [1.807, 2.05) is 17.8 Å². The average Bonchev–Trinajstić information content (AvgIpc) is 1.89. The van der Waals surface area contributed by atoms with Crippen LogP contribution in [0.25, 0.3) is 0 Å². The van der Waals surface area contributed by atoms with Gasteiger partial charge in [0.2, 0.25) is 0 Å². The molecule has 0 saturated heterocycles. The minimum atomic E-state index is 1.20. The number of hydrogen-bond donors (Lipinski definition) is 0. The van der Waals surface area contributed by atoms with Crippen molar-refractivity contribution >= 4 is 11.8 Å². The Morgan fingerprint density at radius 3 is 2.78 bits per heavy atom. The van der Waals surface area contributed by atoms with E-state index in [0.29, 0.717) is 0 Å². The molecule has 53 valence electrons. The minimum absolute atomic E-state index is 1.20. The first-order valence-corrected chi connectivity index (χ1v) is 4.74. The molecule has 0 aliphatic heterocycles. The lowest BCUT2D eigenvalue weighted by Gasteiger charge is -1.92. The summed E-state index contributed by atoms with van der Waals surface area (Å²) >= 11 is 1.92. The van der Waals surface area contributed by atoms with Gasteiger partial charge in [0.15, 0.2) is 0 Å². The van der Waals surface area contributed by atoms with Crippen molar-refractivity contribution in [2.75, 3.05) is 12.0 Å². The van der Waals surface area contributed by atoms with Crippen molar-refractivity contribution in [1.29, 1.82) is 0 Å². The van der Waals surface area contributed by atoms with E-state index in [9.17, 15) is 0 Å². The maximum atomic E-state index is 3.62. The van der Waals surface area contributed by atoms with Crippen LogP contribution < -0.4 is 0 Å². The zero-order chi connectivity index (χ0) is 6.95. The molecule has 0 aromatic heterocycles. The van der Waals surface area contributed by atoms with E-state index in [-0.39, 0.29) is 0 Å². The largest absolute Gasteiger partial charge is 0.165 e. The molecule has 0 fully saturated rings. The van der Waals surface area contributed by atoms with Crippen molar-refractivity contribution < 1.29 is 0 Å². The summed E-state index contributed by atoms with van der Waals surface area (Å²) in [6.45, 7) is 3.62. The van der Waals surface area contributed by atoms with Crippen LogP contribution in [0.5, 0.6) is 0 Å². The molecule has 0 aliphatic rings. The molecular formula is C8H15S. The molecule has 0 atom stereocenters. The van der Waals surface area contributed by atoms with Gasteiger partial charge in [-0.25, -0.2) is 0 Å². The van der Waals surface area contributed by atoms with Gasteiger partial charge >= 0.3 is 0 Å². The van der Waals surface area contributed by atoms with Crippen LogP contribution in [-0.4, -0.2) is 12.0 Å². The number of rotatable bonds is 5. The number of hydrogen-bond acceptors (Lipinski definition) is 1. The van der Waals surface area contributed by atoms with Crippen LogP contribution in [0, 0.1) is 6.92 Å². The quantitative estimate of drug-likeness (QED) is 0.533. The molecule has 0 aliphatic carbocycles. The van der Waals surface area contributed by atoms with Crippen molar-refractivity contribution in [2.45, 2.75) is 19.3 Å². The Morgan fingerprint density at radius 2 is 2.22 bits per heavy atom. The van der Waals surface area contributed by atoms with E-state index in [1.54, 1.807) is 0 Å². The first-order valence-electron chi connectivity index (χ1n) is 3.35. The summed E-state index contributed by atoms with van der Waals surface area (Å²) < 4.78 is 0. The lowest BCUT2D eigenvalue weighted by Crippen LogP contribution is -1.76. The molecule has 0 bridgehead atoms. The van der Waals surface area contributed by atoms with E-state index < -0.39 is 0 Å². The van der Waals surface area contributed by atoms with Crippen molar-refractivity contribution in [3.63, 3.8) is 0 Å². The van der Waals surface area contributed by atoms with Gasteiger partial charge in [-0.2, -0.15) is 11.8 Å². The summed E-state index contributed by atoms with van der Waals surface area (Å²) in [5, 5.41) is 0. The van der Waals surface area contributed by atoms with Crippen LogP contribution in [0.4, 0.5) is 0 Å². The summed E-state index contributed by atoms with van der Waals surface area (Å²) in [5.41, 5.74) is 0. The summed E-state index contributed by atoms with van der Waals surface area (Å²) in [5.74, 6) is 1.30. The molecule has 0 rings (SSSR count). The second-order valence-corrected chi connectivity index (χ2v) is 2.95. The highest BCUT2D eigenvalue weighted by molar-refractivity contribution is 7.98. The Balaban J connectivity index is 2.75. The molecule has 0 unspecified atom stereocenters. The Bertz CT molecular complexity index is 67.0. The van der Waals surface area contributed by atoms with Crippen LogP contribution in [0.2, 0.25) is 0 Å². The van der Waals surface area contributed by atoms with Crippen LogP contribution in [-0.2, 0) is 0 Å².